The zero-order chi connectivity index (χ0) is 14.3. The van der Waals surface area contributed by atoms with Crippen molar-refractivity contribution in [3.8, 4) is 11.5 Å². The van der Waals surface area contributed by atoms with Crippen LogP contribution >= 0.6 is 0 Å². The maximum Gasteiger partial charge on any atom is 0.329 e. The lowest BCUT2D eigenvalue weighted by molar-refractivity contribution is -0.134. The first kappa shape index (κ1) is 16.0. The summed E-state index contributed by atoms with van der Waals surface area (Å²) < 4.78 is 4.14. The summed E-state index contributed by atoms with van der Waals surface area (Å²) in [6.45, 7) is 9.12. The molecule has 0 atom stereocenters. The number of aromatic hydroxyl groups is 2. The van der Waals surface area contributed by atoms with Gasteiger partial charge in [0.1, 0.15) is 11.5 Å². The zero-order valence-electron chi connectivity index (χ0n) is 11.2. The SMILES string of the molecule is C=CC(=O)OC.CC(C)(C)c1cc(O)ccc1O. The van der Waals surface area contributed by atoms with Gasteiger partial charge < -0.3 is 14.9 Å². The topological polar surface area (TPSA) is 66.8 Å². The number of carbonyl (C=O) groups excluding carboxylic acids is 1. The van der Waals surface area contributed by atoms with Gasteiger partial charge in [0.05, 0.1) is 7.11 Å². The molecule has 4 nitrogen and oxygen atoms in total. The van der Waals surface area contributed by atoms with Crippen molar-refractivity contribution >= 4 is 5.97 Å². The number of benzene rings is 1. The molecular weight excluding hydrogens is 232 g/mol. The Bertz CT molecular complexity index is 416. The normalized spacial score (nSPS) is 10.0. The highest BCUT2D eigenvalue weighted by Gasteiger charge is 2.17. The van der Waals surface area contributed by atoms with E-state index in [1.807, 2.05) is 20.8 Å². The van der Waals surface area contributed by atoms with Crippen molar-refractivity contribution in [2.45, 2.75) is 26.2 Å². The lowest BCUT2D eigenvalue weighted by Crippen LogP contribution is -2.10. The highest BCUT2D eigenvalue weighted by molar-refractivity contribution is 5.80. The van der Waals surface area contributed by atoms with Crippen molar-refractivity contribution in [2.75, 3.05) is 7.11 Å². The maximum atomic E-state index is 9.84. The van der Waals surface area contributed by atoms with Gasteiger partial charge in [-0.2, -0.15) is 0 Å². The number of hydrogen-bond donors (Lipinski definition) is 2. The minimum atomic E-state index is -0.394. The Kier molecular flexibility index (Phi) is 5.96. The summed E-state index contributed by atoms with van der Waals surface area (Å²) >= 11 is 0. The van der Waals surface area contributed by atoms with Gasteiger partial charge in [-0.15, -0.1) is 0 Å². The number of carbonyl (C=O) groups is 1. The van der Waals surface area contributed by atoms with Gasteiger partial charge in [0.25, 0.3) is 0 Å². The fraction of sp³-hybridized carbons (Fsp3) is 0.357. The van der Waals surface area contributed by atoms with Crippen molar-refractivity contribution in [1.82, 2.24) is 0 Å². The molecule has 0 amide bonds. The fourth-order valence-electron chi connectivity index (χ4n) is 1.21. The third-order valence-electron chi connectivity index (χ3n) is 2.16. The second kappa shape index (κ2) is 6.69. The van der Waals surface area contributed by atoms with Crippen LogP contribution < -0.4 is 0 Å². The zero-order valence-corrected chi connectivity index (χ0v) is 11.2. The van der Waals surface area contributed by atoms with E-state index < -0.39 is 5.97 Å². The minimum absolute atomic E-state index is 0.136. The quantitative estimate of drug-likeness (QED) is 0.458. The highest BCUT2D eigenvalue weighted by atomic mass is 16.5. The molecule has 0 saturated heterocycles. The van der Waals surface area contributed by atoms with Crippen LogP contribution in [0.15, 0.2) is 30.9 Å². The Morgan fingerprint density at radius 1 is 1.33 bits per heavy atom. The molecule has 0 saturated carbocycles. The van der Waals surface area contributed by atoms with Crippen LogP contribution in [0.1, 0.15) is 26.3 Å². The van der Waals surface area contributed by atoms with E-state index in [2.05, 4.69) is 11.3 Å². The van der Waals surface area contributed by atoms with Crippen LogP contribution in [-0.2, 0) is 14.9 Å². The van der Waals surface area contributed by atoms with Gasteiger partial charge in [0.15, 0.2) is 0 Å². The van der Waals surface area contributed by atoms with Crippen LogP contribution in [0.4, 0.5) is 0 Å². The molecule has 0 radical (unpaired) electrons. The molecule has 0 unspecified atom stereocenters. The van der Waals surface area contributed by atoms with Crippen molar-refractivity contribution in [2.24, 2.45) is 0 Å². The maximum absolute atomic E-state index is 9.84. The van der Waals surface area contributed by atoms with Crippen LogP contribution in [0.25, 0.3) is 0 Å². The third kappa shape index (κ3) is 5.39. The Balaban J connectivity index is 0.000000411. The van der Waals surface area contributed by atoms with Crippen LogP contribution in [0, 0.1) is 0 Å². The summed E-state index contributed by atoms with van der Waals surface area (Å²) in [5, 5.41) is 18.6. The summed E-state index contributed by atoms with van der Waals surface area (Å²) in [5.41, 5.74) is 0.630. The van der Waals surface area contributed by atoms with Gasteiger partial charge in [-0.05, 0) is 23.6 Å². The monoisotopic (exact) mass is 252 g/mol. The Morgan fingerprint density at radius 3 is 2.17 bits per heavy atom. The number of methoxy groups -OCH3 is 1. The van der Waals surface area contributed by atoms with Crippen LogP contribution in [-0.4, -0.2) is 23.3 Å². The van der Waals surface area contributed by atoms with E-state index in [1.54, 1.807) is 6.07 Å². The first-order valence-electron chi connectivity index (χ1n) is 5.45. The minimum Gasteiger partial charge on any atom is -0.508 e. The molecular formula is C14H20O4. The Morgan fingerprint density at radius 2 is 1.89 bits per heavy atom. The van der Waals surface area contributed by atoms with Crippen LogP contribution in [0.5, 0.6) is 11.5 Å². The Labute approximate surface area is 108 Å². The molecule has 0 aromatic heterocycles. The molecule has 0 fully saturated rings. The second-order valence-corrected chi connectivity index (χ2v) is 4.68. The van der Waals surface area contributed by atoms with Gasteiger partial charge in [0, 0.05) is 11.6 Å². The number of phenols is 2. The highest BCUT2D eigenvalue weighted by Crippen LogP contribution is 2.32. The number of ether oxygens (including phenoxy) is 1. The van der Waals surface area contributed by atoms with E-state index in [9.17, 15) is 15.0 Å². The van der Waals surface area contributed by atoms with E-state index in [4.69, 9.17) is 0 Å². The molecule has 0 aliphatic heterocycles. The average molecular weight is 252 g/mol. The molecule has 1 aromatic rings. The van der Waals surface area contributed by atoms with Gasteiger partial charge in [-0.1, -0.05) is 27.4 Å². The second-order valence-electron chi connectivity index (χ2n) is 4.68. The molecule has 4 heteroatoms. The van der Waals surface area contributed by atoms with E-state index in [0.29, 0.717) is 0 Å². The molecule has 0 spiro atoms. The molecule has 2 N–H and O–H groups in total. The third-order valence-corrected chi connectivity index (χ3v) is 2.16. The molecule has 0 heterocycles. The van der Waals surface area contributed by atoms with Crippen molar-refractivity contribution in [3.05, 3.63) is 36.4 Å². The number of esters is 1. The summed E-state index contributed by atoms with van der Waals surface area (Å²) in [5.74, 6) is 0.0352. The average Bonchev–Trinajstić information content (AvgIpc) is 2.30. The molecule has 100 valence electrons. The summed E-state index contributed by atoms with van der Waals surface area (Å²) in [6, 6.07) is 4.58. The summed E-state index contributed by atoms with van der Waals surface area (Å²) in [7, 11) is 1.31. The first-order valence-corrected chi connectivity index (χ1v) is 5.45. The van der Waals surface area contributed by atoms with Crippen LogP contribution in [0.3, 0.4) is 0 Å². The van der Waals surface area contributed by atoms with Gasteiger partial charge >= 0.3 is 5.97 Å². The molecule has 18 heavy (non-hydrogen) atoms. The lowest BCUT2D eigenvalue weighted by Gasteiger charge is -2.20. The predicted octanol–water partition coefficient (Wildman–Crippen LogP) is 2.74. The lowest BCUT2D eigenvalue weighted by atomic mass is 9.86. The number of hydrogen-bond acceptors (Lipinski definition) is 4. The Hall–Kier alpha value is -1.97. The molecule has 0 aliphatic carbocycles. The molecule has 1 rings (SSSR count). The van der Waals surface area contributed by atoms with Gasteiger partial charge in [-0.25, -0.2) is 4.79 Å². The number of phenolic OH excluding ortho intramolecular Hbond substituents is 2. The van der Waals surface area contributed by atoms with E-state index >= 15 is 0 Å². The number of rotatable bonds is 1. The van der Waals surface area contributed by atoms with Crippen molar-refractivity contribution in [1.29, 1.82) is 0 Å². The smallest absolute Gasteiger partial charge is 0.329 e. The van der Waals surface area contributed by atoms with E-state index in [-0.39, 0.29) is 16.9 Å². The first-order chi connectivity index (χ1) is 8.22. The van der Waals surface area contributed by atoms with Gasteiger partial charge in [0.2, 0.25) is 0 Å². The predicted molar refractivity (Wildman–Crippen MR) is 70.7 cm³/mol. The molecule has 0 bridgehead atoms. The van der Waals surface area contributed by atoms with E-state index in [0.717, 1.165) is 11.6 Å². The standard InChI is InChI=1S/C10H14O2.C4H6O2/c1-10(2,3)8-6-7(11)4-5-9(8)12;1-3-4(5)6-2/h4-6,11-12H,1-3H3;3H,1H2,2H3. The van der Waals surface area contributed by atoms with Gasteiger partial charge in [-0.3, -0.25) is 0 Å². The van der Waals surface area contributed by atoms with Crippen molar-refractivity contribution in [3.63, 3.8) is 0 Å². The molecule has 1 aromatic carbocycles. The fourth-order valence-corrected chi connectivity index (χ4v) is 1.21. The summed E-state index contributed by atoms with van der Waals surface area (Å²) in [6.07, 6.45) is 1.11. The van der Waals surface area contributed by atoms with Crippen LogP contribution in [0.2, 0.25) is 0 Å². The molecule has 0 aliphatic rings. The largest absolute Gasteiger partial charge is 0.508 e. The summed E-state index contributed by atoms with van der Waals surface area (Å²) in [4.78, 5) is 9.84. The van der Waals surface area contributed by atoms with E-state index in [1.165, 1.54) is 19.2 Å². The van der Waals surface area contributed by atoms with Crippen molar-refractivity contribution < 1.29 is 19.7 Å².